The Hall–Kier alpha value is -3.78. The lowest BCUT2D eigenvalue weighted by Gasteiger charge is -2.23. The molecule has 0 saturated heterocycles. The first-order chi connectivity index (χ1) is 14.1. The van der Waals surface area contributed by atoms with Crippen LogP contribution in [0.15, 0.2) is 82.9 Å². The van der Waals surface area contributed by atoms with E-state index in [4.69, 9.17) is 4.42 Å². The molecule has 8 heteroatoms. The molecule has 0 saturated carbocycles. The number of aromatic nitrogens is 2. The molecule has 142 valence electrons. The summed E-state index contributed by atoms with van der Waals surface area (Å²) in [5, 5.41) is 11.0. The fraction of sp³-hybridized carbons (Fsp3) is 0.0476. The second-order valence-corrected chi connectivity index (χ2v) is 7.41. The third-order valence-corrected chi connectivity index (χ3v) is 5.72. The zero-order valence-corrected chi connectivity index (χ0v) is 15.7. The van der Waals surface area contributed by atoms with Gasteiger partial charge in [-0.05, 0) is 35.9 Å². The molecule has 1 amide bonds. The van der Waals surface area contributed by atoms with Gasteiger partial charge < -0.3 is 9.52 Å². The van der Waals surface area contributed by atoms with Gasteiger partial charge in [0.25, 0.3) is 5.91 Å². The molecular formula is C21H13N3O4S. The van der Waals surface area contributed by atoms with Gasteiger partial charge in [-0.1, -0.05) is 29.5 Å². The van der Waals surface area contributed by atoms with Crippen molar-refractivity contribution in [1.29, 1.82) is 0 Å². The lowest BCUT2D eigenvalue weighted by molar-refractivity contribution is -0.117. The van der Waals surface area contributed by atoms with Crippen LogP contribution in [0.25, 0.3) is 10.2 Å². The second-order valence-electron chi connectivity index (χ2n) is 6.40. The quantitative estimate of drug-likeness (QED) is 0.516. The number of furan rings is 1. The zero-order valence-electron chi connectivity index (χ0n) is 14.9. The van der Waals surface area contributed by atoms with Crippen LogP contribution in [0.2, 0.25) is 0 Å². The summed E-state index contributed by atoms with van der Waals surface area (Å²) in [5.74, 6) is -1.81. The van der Waals surface area contributed by atoms with Gasteiger partial charge in [0.05, 0.1) is 28.1 Å². The number of pyridine rings is 1. The molecule has 0 spiro atoms. The smallest absolute Gasteiger partial charge is 0.296 e. The maximum absolute atomic E-state index is 13.1. The number of rotatable bonds is 4. The Morgan fingerprint density at radius 2 is 2.00 bits per heavy atom. The minimum Gasteiger partial charge on any atom is -0.503 e. The number of thiazole rings is 1. The van der Waals surface area contributed by atoms with Crippen molar-refractivity contribution in [3.8, 4) is 0 Å². The topological polar surface area (TPSA) is 96.5 Å². The molecule has 4 aromatic rings. The van der Waals surface area contributed by atoms with Gasteiger partial charge in [-0.2, -0.15) is 0 Å². The van der Waals surface area contributed by atoms with Crippen molar-refractivity contribution in [1.82, 2.24) is 9.97 Å². The Labute approximate surface area is 168 Å². The van der Waals surface area contributed by atoms with Crippen molar-refractivity contribution >= 4 is 38.4 Å². The molecule has 0 bridgehead atoms. The van der Waals surface area contributed by atoms with Crippen molar-refractivity contribution in [3.63, 3.8) is 0 Å². The number of anilines is 1. The summed E-state index contributed by atoms with van der Waals surface area (Å²) < 4.78 is 6.11. The van der Waals surface area contributed by atoms with Crippen molar-refractivity contribution in [2.24, 2.45) is 0 Å². The Morgan fingerprint density at radius 3 is 2.72 bits per heavy atom. The first kappa shape index (κ1) is 17.3. The number of ketones is 1. The normalized spacial score (nSPS) is 16.8. The highest BCUT2D eigenvalue weighted by Gasteiger charge is 2.46. The van der Waals surface area contributed by atoms with E-state index < -0.39 is 23.5 Å². The van der Waals surface area contributed by atoms with Gasteiger partial charge in [0, 0.05) is 12.4 Å². The minimum absolute atomic E-state index is 0.0411. The molecule has 4 heterocycles. The Morgan fingerprint density at radius 1 is 1.14 bits per heavy atom. The molecule has 1 atom stereocenters. The highest BCUT2D eigenvalue weighted by atomic mass is 32.1. The van der Waals surface area contributed by atoms with Gasteiger partial charge in [0.1, 0.15) is 0 Å². The van der Waals surface area contributed by atoms with Gasteiger partial charge in [0.2, 0.25) is 5.78 Å². The summed E-state index contributed by atoms with van der Waals surface area (Å²) in [6, 6.07) is 13.2. The molecule has 1 N–H and O–H groups in total. The Bertz CT molecular complexity index is 1230. The van der Waals surface area contributed by atoms with E-state index in [9.17, 15) is 14.7 Å². The fourth-order valence-corrected chi connectivity index (χ4v) is 4.38. The van der Waals surface area contributed by atoms with E-state index >= 15 is 0 Å². The van der Waals surface area contributed by atoms with Crippen LogP contribution in [0.5, 0.6) is 0 Å². The van der Waals surface area contributed by atoms with Crippen molar-refractivity contribution in [3.05, 3.63) is 89.8 Å². The molecule has 0 aliphatic carbocycles. The number of carbonyl (C=O) groups is 2. The van der Waals surface area contributed by atoms with Crippen molar-refractivity contribution < 1.29 is 19.1 Å². The molecule has 0 fully saturated rings. The zero-order chi connectivity index (χ0) is 20.0. The van der Waals surface area contributed by atoms with Gasteiger partial charge in [0.15, 0.2) is 16.7 Å². The number of Topliss-reactive ketones (excluding diaryl/α,β-unsaturated/α-hetero) is 1. The highest BCUT2D eigenvalue weighted by molar-refractivity contribution is 7.22. The average molecular weight is 403 g/mol. The average Bonchev–Trinajstić information content (AvgIpc) is 3.47. The third-order valence-electron chi connectivity index (χ3n) is 4.69. The largest absolute Gasteiger partial charge is 0.503 e. The number of amides is 1. The van der Waals surface area contributed by atoms with Crippen LogP contribution in [0.1, 0.15) is 22.2 Å². The SMILES string of the molecule is O=C(C1=C(O)C(=O)N(c2nc3ccccc3s2)C1c1cccnc1)c1ccco1. The fourth-order valence-electron chi connectivity index (χ4n) is 3.39. The molecule has 29 heavy (non-hydrogen) atoms. The first-order valence-corrected chi connectivity index (χ1v) is 9.57. The standard InChI is InChI=1S/C21H13N3O4S/c25-18(14-7-4-10-28-14)16-17(12-5-3-9-22-11-12)24(20(27)19(16)26)21-23-13-6-1-2-8-15(13)29-21/h1-11,17,26H. The summed E-state index contributed by atoms with van der Waals surface area (Å²) in [4.78, 5) is 36.1. The van der Waals surface area contributed by atoms with E-state index in [1.807, 2.05) is 24.3 Å². The second kappa shape index (κ2) is 6.68. The summed E-state index contributed by atoms with van der Waals surface area (Å²) in [6.07, 6.45) is 4.53. The molecule has 3 aromatic heterocycles. The van der Waals surface area contributed by atoms with E-state index in [1.165, 1.54) is 28.6 Å². The van der Waals surface area contributed by atoms with Crippen LogP contribution >= 0.6 is 11.3 Å². The molecule has 1 aromatic carbocycles. The highest BCUT2D eigenvalue weighted by Crippen LogP contribution is 2.43. The molecule has 1 aliphatic rings. The summed E-state index contributed by atoms with van der Waals surface area (Å²) in [5.41, 5.74) is 1.26. The molecule has 5 rings (SSSR count). The van der Waals surface area contributed by atoms with Crippen LogP contribution in [0, 0.1) is 0 Å². The van der Waals surface area contributed by atoms with Gasteiger partial charge >= 0.3 is 0 Å². The van der Waals surface area contributed by atoms with Crippen LogP contribution in [0.3, 0.4) is 0 Å². The number of para-hydroxylation sites is 1. The van der Waals surface area contributed by atoms with Gasteiger partial charge in [-0.15, -0.1) is 0 Å². The molecule has 1 aliphatic heterocycles. The lowest BCUT2D eigenvalue weighted by Crippen LogP contribution is -2.31. The monoisotopic (exact) mass is 403 g/mol. The van der Waals surface area contributed by atoms with E-state index in [2.05, 4.69) is 9.97 Å². The van der Waals surface area contributed by atoms with Crippen LogP contribution in [0.4, 0.5) is 5.13 Å². The number of hydrogen-bond acceptors (Lipinski definition) is 7. The molecular weight excluding hydrogens is 390 g/mol. The van der Waals surface area contributed by atoms with E-state index in [0.29, 0.717) is 10.7 Å². The number of aliphatic hydroxyl groups excluding tert-OH is 1. The van der Waals surface area contributed by atoms with Crippen LogP contribution < -0.4 is 4.90 Å². The number of aliphatic hydroxyl groups is 1. The molecule has 1 unspecified atom stereocenters. The Balaban J connectivity index is 1.69. The van der Waals surface area contributed by atoms with E-state index in [-0.39, 0.29) is 11.3 Å². The predicted octanol–water partition coefficient (Wildman–Crippen LogP) is 4.07. The maximum Gasteiger partial charge on any atom is 0.296 e. The van der Waals surface area contributed by atoms with Crippen molar-refractivity contribution in [2.75, 3.05) is 4.90 Å². The molecule has 7 nitrogen and oxygen atoms in total. The van der Waals surface area contributed by atoms with Crippen LogP contribution in [-0.2, 0) is 4.79 Å². The van der Waals surface area contributed by atoms with Gasteiger partial charge in [-0.3, -0.25) is 19.5 Å². The predicted molar refractivity (Wildman–Crippen MR) is 107 cm³/mol. The maximum atomic E-state index is 13.1. The number of fused-ring (bicyclic) bond motifs is 1. The van der Waals surface area contributed by atoms with Gasteiger partial charge in [-0.25, -0.2) is 4.98 Å². The van der Waals surface area contributed by atoms with E-state index in [1.54, 1.807) is 30.6 Å². The van der Waals surface area contributed by atoms with Crippen LogP contribution in [-0.4, -0.2) is 26.8 Å². The number of carbonyl (C=O) groups excluding carboxylic acids is 2. The first-order valence-electron chi connectivity index (χ1n) is 8.75. The summed E-state index contributed by atoms with van der Waals surface area (Å²) >= 11 is 1.31. The summed E-state index contributed by atoms with van der Waals surface area (Å²) in [7, 11) is 0. The Kier molecular flexibility index (Phi) is 3.99. The summed E-state index contributed by atoms with van der Waals surface area (Å²) in [6.45, 7) is 0. The lowest BCUT2D eigenvalue weighted by atomic mass is 9.96. The number of hydrogen-bond donors (Lipinski definition) is 1. The van der Waals surface area contributed by atoms with E-state index in [0.717, 1.165) is 10.2 Å². The minimum atomic E-state index is -0.866. The third kappa shape index (κ3) is 2.73. The number of benzene rings is 1. The molecule has 0 radical (unpaired) electrons. The number of nitrogens with zero attached hydrogens (tertiary/aromatic N) is 3. The van der Waals surface area contributed by atoms with Crippen molar-refractivity contribution in [2.45, 2.75) is 6.04 Å².